The van der Waals surface area contributed by atoms with E-state index >= 15 is 0 Å². The number of carbonyl (C=O) groups excluding carboxylic acids is 1. The molecule has 0 aromatic carbocycles. The Balaban J connectivity index is 2.09. The van der Waals surface area contributed by atoms with Crippen molar-refractivity contribution in [1.82, 2.24) is 4.90 Å². The number of nitro groups is 1. The summed E-state index contributed by atoms with van der Waals surface area (Å²) in [6, 6.07) is 2.75. The number of hydrogen-bond acceptors (Lipinski definition) is 5. The van der Waals surface area contributed by atoms with Crippen molar-refractivity contribution in [3.8, 4) is 0 Å². The Bertz CT molecular complexity index is 411. The average Bonchev–Trinajstić information content (AvgIpc) is 2.60. The Kier molecular flexibility index (Phi) is 2.41. The summed E-state index contributed by atoms with van der Waals surface area (Å²) in [5.41, 5.74) is 0. The topological polar surface area (TPSA) is 83.7 Å². The molecule has 80 valence electrons. The first-order valence-corrected chi connectivity index (χ1v) is 5.11. The Hall–Kier alpha value is -1.47. The average molecular weight is 228 g/mol. The van der Waals surface area contributed by atoms with Crippen LogP contribution in [0.2, 0.25) is 0 Å². The van der Waals surface area contributed by atoms with Gasteiger partial charge >= 0.3 is 5.00 Å². The molecule has 1 aliphatic heterocycles. The van der Waals surface area contributed by atoms with Crippen LogP contribution < -0.4 is 0 Å². The lowest BCUT2D eigenvalue weighted by Crippen LogP contribution is -2.53. The van der Waals surface area contributed by atoms with Crippen LogP contribution >= 0.6 is 11.3 Å². The monoisotopic (exact) mass is 228 g/mol. The zero-order chi connectivity index (χ0) is 11.0. The number of rotatable bonds is 2. The molecule has 0 atom stereocenters. The van der Waals surface area contributed by atoms with E-state index < -0.39 is 11.0 Å². The van der Waals surface area contributed by atoms with E-state index in [0.29, 0.717) is 18.0 Å². The number of β-amino-alcohol motifs (C(OH)–C–C–N with tert-alkyl or cyclic N) is 1. The van der Waals surface area contributed by atoms with E-state index in [9.17, 15) is 14.9 Å². The van der Waals surface area contributed by atoms with Gasteiger partial charge < -0.3 is 10.0 Å². The zero-order valence-corrected chi connectivity index (χ0v) is 8.44. The predicted molar refractivity (Wildman–Crippen MR) is 52.9 cm³/mol. The number of amides is 1. The van der Waals surface area contributed by atoms with Crippen molar-refractivity contribution in [3.05, 3.63) is 27.1 Å². The molecule has 1 fully saturated rings. The molecule has 0 saturated carbocycles. The second-order valence-electron chi connectivity index (χ2n) is 3.26. The Morgan fingerprint density at radius 2 is 2.27 bits per heavy atom. The molecule has 6 nitrogen and oxygen atoms in total. The number of carbonyl (C=O) groups is 1. The van der Waals surface area contributed by atoms with Crippen molar-refractivity contribution in [2.45, 2.75) is 6.10 Å². The van der Waals surface area contributed by atoms with Crippen molar-refractivity contribution in [2.24, 2.45) is 0 Å². The summed E-state index contributed by atoms with van der Waals surface area (Å²) in [7, 11) is 0. The number of aliphatic hydroxyl groups is 1. The van der Waals surface area contributed by atoms with Gasteiger partial charge in [0.2, 0.25) is 0 Å². The predicted octanol–water partition coefficient (Wildman–Crippen LogP) is 0.473. The normalized spacial score (nSPS) is 16.2. The minimum atomic E-state index is -0.521. The molecular formula is C8H8N2O4S. The van der Waals surface area contributed by atoms with Crippen molar-refractivity contribution >= 4 is 22.2 Å². The molecule has 0 unspecified atom stereocenters. The first kappa shape index (κ1) is 10.1. The van der Waals surface area contributed by atoms with Crippen LogP contribution in [0.25, 0.3) is 0 Å². The van der Waals surface area contributed by atoms with E-state index in [-0.39, 0.29) is 10.9 Å². The van der Waals surface area contributed by atoms with Crippen molar-refractivity contribution < 1.29 is 14.8 Å². The first-order chi connectivity index (χ1) is 7.08. The molecule has 1 N–H and O–H groups in total. The standard InChI is InChI=1S/C8H8N2O4S/c11-5-3-9(4-5)8(12)6-1-2-7(15-6)10(13)14/h1-2,5,11H,3-4H2. The van der Waals surface area contributed by atoms with Crippen LogP contribution in [0, 0.1) is 10.1 Å². The van der Waals surface area contributed by atoms with Gasteiger partial charge in [0.15, 0.2) is 0 Å². The number of hydrogen-bond donors (Lipinski definition) is 1. The molecule has 0 radical (unpaired) electrons. The summed E-state index contributed by atoms with van der Waals surface area (Å²) in [5.74, 6) is -0.251. The third-order valence-corrected chi connectivity index (χ3v) is 3.16. The Morgan fingerprint density at radius 1 is 1.60 bits per heavy atom. The highest BCUT2D eigenvalue weighted by atomic mass is 32.1. The van der Waals surface area contributed by atoms with Crippen LogP contribution in [0.3, 0.4) is 0 Å². The smallest absolute Gasteiger partial charge is 0.324 e. The summed E-state index contributed by atoms with van der Waals surface area (Å²) in [5, 5.41) is 19.4. The number of nitrogens with zero attached hydrogens (tertiary/aromatic N) is 2. The lowest BCUT2D eigenvalue weighted by atomic mass is 10.1. The molecule has 2 rings (SSSR count). The Labute approximate surface area is 88.9 Å². The van der Waals surface area contributed by atoms with E-state index in [2.05, 4.69) is 0 Å². The maximum absolute atomic E-state index is 11.6. The van der Waals surface area contributed by atoms with Gasteiger partial charge in [-0.1, -0.05) is 11.3 Å². The summed E-state index contributed by atoms with van der Waals surface area (Å²) in [6.07, 6.45) is -0.455. The fraction of sp³-hybridized carbons (Fsp3) is 0.375. The number of thiophene rings is 1. The first-order valence-electron chi connectivity index (χ1n) is 4.29. The molecule has 15 heavy (non-hydrogen) atoms. The molecule has 1 aromatic rings. The van der Waals surface area contributed by atoms with Crippen LogP contribution in [0.1, 0.15) is 9.67 Å². The number of aliphatic hydroxyl groups excluding tert-OH is 1. The fourth-order valence-corrected chi connectivity index (χ4v) is 2.11. The van der Waals surface area contributed by atoms with Gasteiger partial charge in [-0.15, -0.1) is 0 Å². The molecule has 1 saturated heterocycles. The highest BCUT2D eigenvalue weighted by Crippen LogP contribution is 2.26. The SMILES string of the molecule is O=C(c1ccc([N+](=O)[O-])s1)N1CC(O)C1. The highest BCUT2D eigenvalue weighted by molar-refractivity contribution is 7.17. The van der Waals surface area contributed by atoms with E-state index in [1.54, 1.807) is 0 Å². The van der Waals surface area contributed by atoms with Gasteiger partial charge in [-0.2, -0.15) is 0 Å². The number of likely N-dealkylation sites (tertiary alicyclic amines) is 1. The van der Waals surface area contributed by atoms with Gasteiger partial charge in [0.05, 0.1) is 15.9 Å². The maximum Gasteiger partial charge on any atom is 0.324 e. The van der Waals surface area contributed by atoms with E-state index in [4.69, 9.17) is 5.11 Å². The zero-order valence-electron chi connectivity index (χ0n) is 7.62. The molecule has 0 spiro atoms. The molecule has 1 amide bonds. The lowest BCUT2D eigenvalue weighted by Gasteiger charge is -2.35. The van der Waals surface area contributed by atoms with Crippen LogP contribution in [0.15, 0.2) is 12.1 Å². The minimum Gasteiger partial charge on any atom is -0.389 e. The molecule has 2 heterocycles. The minimum absolute atomic E-state index is 0.0422. The third-order valence-electron chi connectivity index (χ3n) is 2.13. The Morgan fingerprint density at radius 3 is 2.73 bits per heavy atom. The second-order valence-corrected chi connectivity index (χ2v) is 4.32. The summed E-state index contributed by atoms with van der Waals surface area (Å²) < 4.78 is 0. The van der Waals surface area contributed by atoms with E-state index in [1.807, 2.05) is 0 Å². The van der Waals surface area contributed by atoms with Crippen molar-refractivity contribution in [3.63, 3.8) is 0 Å². The van der Waals surface area contributed by atoms with Crippen LogP contribution in [0.4, 0.5) is 5.00 Å². The molecule has 1 aliphatic rings. The second kappa shape index (κ2) is 3.59. The van der Waals surface area contributed by atoms with Crippen LogP contribution in [0.5, 0.6) is 0 Å². The fourth-order valence-electron chi connectivity index (χ4n) is 1.32. The molecule has 1 aromatic heterocycles. The van der Waals surface area contributed by atoms with Gasteiger partial charge in [-0.25, -0.2) is 0 Å². The third kappa shape index (κ3) is 1.83. The molecule has 0 aliphatic carbocycles. The maximum atomic E-state index is 11.6. The summed E-state index contributed by atoms with van der Waals surface area (Å²) in [4.78, 5) is 23.3. The van der Waals surface area contributed by atoms with Gasteiger partial charge in [0.25, 0.3) is 5.91 Å². The van der Waals surface area contributed by atoms with Gasteiger partial charge in [0, 0.05) is 19.2 Å². The van der Waals surface area contributed by atoms with Crippen molar-refractivity contribution in [2.75, 3.05) is 13.1 Å². The highest BCUT2D eigenvalue weighted by Gasteiger charge is 2.30. The largest absolute Gasteiger partial charge is 0.389 e. The summed E-state index contributed by atoms with van der Waals surface area (Å²) in [6.45, 7) is 0.620. The van der Waals surface area contributed by atoms with Crippen molar-refractivity contribution in [1.29, 1.82) is 0 Å². The summed E-state index contributed by atoms with van der Waals surface area (Å²) >= 11 is 0.856. The molecular weight excluding hydrogens is 220 g/mol. The van der Waals surface area contributed by atoms with Crippen LogP contribution in [-0.2, 0) is 0 Å². The van der Waals surface area contributed by atoms with E-state index in [0.717, 1.165) is 11.3 Å². The molecule has 0 bridgehead atoms. The van der Waals surface area contributed by atoms with Gasteiger partial charge in [-0.05, 0) is 6.07 Å². The molecule has 7 heteroatoms. The van der Waals surface area contributed by atoms with Crippen LogP contribution in [-0.4, -0.2) is 40.0 Å². The van der Waals surface area contributed by atoms with Gasteiger partial charge in [0.1, 0.15) is 0 Å². The quantitative estimate of drug-likeness (QED) is 0.589. The lowest BCUT2D eigenvalue weighted by molar-refractivity contribution is -0.380. The van der Waals surface area contributed by atoms with E-state index in [1.165, 1.54) is 17.0 Å². The van der Waals surface area contributed by atoms with Gasteiger partial charge in [-0.3, -0.25) is 14.9 Å².